The molecule has 0 unspecified atom stereocenters. The molecule has 9 heteroatoms. The lowest BCUT2D eigenvalue weighted by Crippen LogP contribution is -2.11. The molecule has 0 aliphatic heterocycles. The van der Waals surface area contributed by atoms with E-state index >= 15 is 0 Å². The van der Waals surface area contributed by atoms with Crippen LogP contribution in [0, 0.1) is 13.8 Å². The lowest BCUT2D eigenvalue weighted by atomic mass is 10.1. The monoisotopic (exact) mass is 547 g/mol. The molecular formula is C24H22BrNO5S2. The summed E-state index contributed by atoms with van der Waals surface area (Å²) in [5, 5.41) is 0.732. The summed E-state index contributed by atoms with van der Waals surface area (Å²) < 4.78 is 58.0. The van der Waals surface area contributed by atoms with Crippen molar-refractivity contribution in [3.05, 3.63) is 87.9 Å². The molecular weight excluding hydrogens is 526 g/mol. The van der Waals surface area contributed by atoms with Gasteiger partial charge in [-0.2, -0.15) is 8.42 Å². The van der Waals surface area contributed by atoms with E-state index < -0.39 is 20.0 Å². The SMILES string of the molecule is Cc1ccc(S(=O)(=O)OCCc2c(S(=O)(=O)c3ccc(C)cc3)[nH]c3cc(Br)ccc23)cc1. The highest BCUT2D eigenvalue weighted by atomic mass is 79.9. The highest BCUT2D eigenvalue weighted by Crippen LogP contribution is 2.32. The van der Waals surface area contributed by atoms with Crippen LogP contribution >= 0.6 is 15.9 Å². The van der Waals surface area contributed by atoms with Crippen LogP contribution in [0.2, 0.25) is 0 Å². The van der Waals surface area contributed by atoms with E-state index in [4.69, 9.17) is 4.18 Å². The molecule has 33 heavy (non-hydrogen) atoms. The van der Waals surface area contributed by atoms with Gasteiger partial charge in [0.1, 0.15) is 5.03 Å². The number of H-pyrrole nitrogens is 1. The van der Waals surface area contributed by atoms with Crippen LogP contribution in [0.1, 0.15) is 16.7 Å². The largest absolute Gasteiger partial charge is 0.345 e. The van der Waals surface area contributed by atoms with Crippen LogP contribution in [0.15, 0.2) is 86.0 Å². The zero-order chi connectivity index (χ0) is 23.8. The summed E-state index contributed by atoms with van der Waals surface area (Å²) in [6, 6.07) is 18.4. The van der Waals surface area contributed by atoms with Crippen LogP contribution < -0.4 is 0 Å². The number of sulfone groups is 1. The average Bonchev–Trinajstić information content (AvgIpc) is 3.12. The number of hydrogen-bond acceptors (Lipinski definition) is 5. The second-order valence-corrected chi connectivity index (χ2v) is 12.2. The summed E-state index contributed by atoms with van der Waals surface area (Å²) in [6.07, 6.45) is 0.0904. The molecule has 1 heterocycles. The molecule has 172 valence electrons. The van der Waals surface area contributed by atoms with Crippen molar-refractivity contribution in [3.8, 4) is 0 Å². The van der Waals surface area contributed by atoms with Crippen LogP contribution in [-0.4, -0.2) is 28.4 Å². The Hall–Kier alpha value is -2.46. The predicted octanol–water partition coefficient (Wildman–Crippen LogP) is 5.33. The molecule has 0 atom stereocenters. The molecule has 0 fully saturated rings. The van der Waals surface area contributed by atoms with Crippen LogP contribution in [0.5, 0.6) is 0 Å². The highest BCUT2D eigenvalue weighted by Gasteiger charge is 2.26. The van der Waals surface area contributed by atoms with Gasteiger partial charge in [0.15, 0.2) is 0 Å². The van der Waals surface area contributed by atoms with E-state index in [1.54, 1.807) is 48.5 Å². The molecule has 1 aromatic heterocycles. The summed E-state index contributed by atoms with van der Waals surface area (Å²) in [7, 11) is -7.82. The lowest BCUT2D eigenvalue weighted by molar-refractivity contribution is 0.321. The minimum absolute atomic E-state index is 0.0378. The minimum atomic E-state index is -3.96. The third kappa shape index (κ3) is 4.91. The van der Waals surface area contributed by atoms with Gasteiger partial charge in [0, 0.05) is 21.8 Å². The van der Waals surface area contributed by atoms with Gasteiger partial charge in [-0.25, -0.2) is 8.42 Å². The second-order valence-electron chi connectivity index (χ2n) is 7.78. The fourth-order valence-electron chi connectivity index (χ4n) is 3.54. The van der Waals surface area contributed by atoms with Gasteiger partial charge in [0.05, 0.1) is 16.4 Å². The Morgan fingerprint density at radius 3 is 2.00 bits per heavy atom. The first kappa shape index (κ1) is 23.7. The van der Waals surface area contributed by atoms with Gasteiger partial charge in [-0.1, -0.05) is 57.4 Å². The van der Waals surface area contributed by atoms with Crippen molar-refractivity contribution < 1.29 is 21.0 Å². The Balaban J connectivity index is 1.69. The molecule has 0 spiro atoms. The number of aryl methyl sites for hydroxylation is 2. The number of halogens is 1. The van der Waals surface area contributed by atoms with Crippen molar-refractivity contribution in [2.75, 3.05) is 6.61 Å². The standard InChI is InChI=1S/C24H22BrNO5S2/c1-16-3-8-19(9-4-16)32(27,28)24-22(21-12-7-18(25)15-23(21)26-24)13-14-31-33(29,30)20-10-5-17(2)6-11-20/h3-12,15,26H,13-14H2,1-2H3. The normalized spacial score (nSPS) is 12.3. The van der Waals surface area contributed by atoms with Crippen LogP contribution in [0.3, 0.4) is 0 Å². The van der Waals surface area contributed by atoms with E-state index in [1.807, 2.05) is 19.9 Å². The molecule has 0 aliphatic rings. The molecule has 0 bridgehead atoms. The minimum Gasteiger partial charge on any atom is -0.345 e. The van der Waals surface area contributed by atoms with Gasteiger partial charge in [0.2, 0.25) is 9.84 Å². The molecule has 0 saturated carbocycles. The molecule has 0 amide bonds. The van der Waals surface area contributed by atoms with E-state index in [-0.39, 0.29) is 27.8 Å². The molecule has 3 aromatic carbocycles. The number of aromatic nitrogens is 1. The smallest absolute Gasteiger partial charge is 0.296 e. The van der Waals surface area contributed by atoms with E-state index in [1.165, 1.54) is 12.1 Å². The van der Waals surface area contributed by atoms with E-state index in [0.717, 1.165) is 15.6 Å². The molecule has 0 aliphatic carbocycles. The summed E-state index contributed by atoms with van der Waals surface area (Å²) in [4.78, 5) is 3.24. The summed E-state index contributed by atoms with van der Waals surface area (Å²) in [5.41, 5.74) is 3.00. The number of fused-ring (bicyclic) bond motifs is 1. The number of nitrogens with one attached hydrogen (secondary N) is 1. The van der Waals surface area contributed by atoms with Gasteiger partial charge < -0.3 is 4.98 Å². The number of hydrogen-bond donors (Lipinski definition) is 1. The summed E-state index contributed by atoms with van der Waals surface area (Å²) >= 11 is 3.41. The maximum Gasteiger partial charge on any atom is 0.296 e. The molecule has 4 rings (SSSR count). The third-order valence-electron chi connectivity index (χ3n) is 5.33. The van der Waals surface area contributed by atoms with E-state index in [2.05, 4.69) is 20.9 Å². The first-order valence-electron chi connectivity index (χ1n) is 10.2. The van der Waals surface area contributed by atoms with Crippen molar-refractivity contribution in [3.63, 3.8) is 0 Å². The average molecular weight is 548 g/mol. The Morgan fingerprint density at radius 2 is 1.39 bits per heavy atom. The summed E-state index contributed by atoms with van der Waals surface area (Å²) in [6.45, 7) is 3.55. The number of benzene rings is 3. The van der Waals surface area contributed by atoms with Crippen molar-refractivity contribution in [1.82, 2.24) is 4.98 Å². The van der Waals surface area contributed by atoms with Gasteiger partial charge >= 0.3 is 0 Å². The maximum absolute atomic E-state index is 13.4. The maximum atomic E-state index is 13.4. The molecule has 0 saturated heterocycles. The molecule has 6 nitrogen and oxygen atoms in total. The highest BCUT2D eigenvalue weighted by molar-refractivity contribution is 9.10. The zero-order valence-corrected chi connectivity index (χ0v) is 21.2. The topological polar surface area (TPSA) is 93.3 Å². The van der Waals surface area contributed by atoms with Gasteiger partial charge in [-0.3, -0.25) is 4.18 Å². The Labute approximate surface area is 201 Å². The third-order valence-corrected chi connectivity index (χ3v) is 8.93. The number of aromatic amines is 1. The molecule has 1 N–H and O–H groups in total. The van der Waals surface area contributed by atoms with Crippen molar-refractivity contribution in [2.45, 2.75) is 35.1 Å². The fourth-order valence-corrected chi connectivity index (χ4v) is 6.32. The van der Waals surface area contributed by atoms with Gasteiger partial charge in [-0.15, -0.1) is 0 Å². The first-order chi connectivity index (χ1) is 15.6. The first-order valence-corrected chi connectivity index (χ1v) is 13.8. The predicted molar refractivity (Wildman–Crippen MR) is 131 cm³/mol. The van der Waals surface area contributed by atoms with Crippen LogP contribution in [0.4, 0.5) is 0 Å². The molecule has 4 aromatic rings. The fraction of sp³-hybridized carbons (Fsp3) is 0.167. The Kier molecular flexibility index (Phi) is 6.50. The zero-order valence-electron chi connectivity index (χ0n) is 18.0. The van der Waals surface area contributed by atoms with Crippen molar-refractivity contribution in [1.29, 1.82) is 0 Å². The van der Waals surface area contributed by atoms with Crippen molar-refractivity contribution in [2.24, 2.45) is 0 Å². The van der Waals surface area contributed by atoms with E-state index in [0.29, 0.717) is 16.5 Å². The van der Waals surface area contributed by atoms with Gasteiger partial charge in [0.25, 0.3) is 10.1 Å². The quantitative estimate of drug-likeness (QED) is 0.315. The van der Waals surface area contributed by atoms with Crippen molar-refractivity contribution >= 4 is 46.8 Å². The Bertz CT molecular complexity index is 1520. The van der Waals surface area contributed by atoms with Crippen LogP contribution in [0.25, 0.3) is 10.9 Å². The lowest BCUT2D eigenvalue weighted by Gasteiger charge is -2.09. The summed E-state index contributed by atoms with van der Waals surface area (Å²) in [5.74, 6) is 0. The molecule has 0 radical (unpaired) electrons. The number of rotatable bonds is 7. The van der Waals surface area contributed by atoms with Gasteiger partial charge in [-0.05, 0) is 55.8 Å². The van der Waals surface area contributed by atoms with E-state index in [9.17, 15) is 16.8 Å². The Morgan fingerprint density at radius 1 is 0.818 bits per heavy atom. The second kappa shape index (κ2) is 9.06. The van der Waals surface area contributed by atoms with Crippen LogP contribution in [-0.2, 0) is 30.6 Å².